The molecule has 220 valence electrons. The van der Waals surface area contributed by atoms with Gasteiger partial charge in [0.05, 0.1) is 24.4 Å². The van der Waals surface area contributed by atoms with Gasteiger partial charge in [-0.15, -0.1) is 0 Å². The first kappa shape index (κ1) is 27.4. The summed E-state index contributed by atoms with van der Waals surface area (Å²) in [5, 5.41) is 0. The van der Waals surface area contributed by atoms with Crippen molar-refractivity contribution in [3.8, 4) is 11.3 Å². The minimum atomic E-state index is -0.602. The first-order valence-corrected chi connectivity index (χ1v) is 14.4. The van der Waals surface area contributed by atoms with Crippen molar-refractivity contribution in [1.82, 2.24) is 29.7 Å². The summed E-state index contributed by atoms with van der Waals surface area (Å²) in [6, 6.07) is -0.467. The van der Waals surface area contributed by atoms with Gasteiger partial charge in [0, 0.05) is 62.8 Å². The topological polar surface area (TPSA) is 143 Å². The third-order valence-corrected chi connectivity index (χ3v) is 8.40. The highest BCUT2D eigenvalue weighted by atomic mass is 16.6. The quantitative estimate of drug-likeness (QED) is 0.579. The van der Waals surface area contributed by atoms with E-state index in [1.54, 1.807) is 17.3 Å². The van der Waals surface area contributed by atoms with E-state index in [0.29, 0.717) is 58.3 Å². The molecule has 0 spiro atoms. The van der Waals surface area contributed by atoms with Gasteiger partial charge in [-0.3, -0.25) is 9.69 Å². The Morgan fingerprint density at radius 3 is 2.46 bits per heavy atom. The molecular formula is C28H39N9O4. The smallest absolute Gasteiger partial charge is 0.410 e. The number of morpholine rings is 1. The van der Waals surface area contributed by atoms with E-state index in [0.717, 1.165) is 42.0 Å². The van der Waals surface area contributed by atoms with Crippen LogP contribution in [-0.2, 0) is 20.7 Å². The van der Waals surface area contributed by atoms with Crippen LogP contribution >= 0.6 is 0 Å². The number of anilines is 3. The molecule has 1 unspecified atom stereocenters. The van der Waals surface area contributed by atoms with E-state index >= 15 is 0 Å². The van der Waals surface area contributed by atoms with Gasteiger partial charge in [-0.05, 0) is 47.0 Å². The third-order valence-electron chi connectivity index (χ3n) is 8.40. The highest BCUT2D eigenvalue weighted by Gasteiger charge is 2.48. The van der Waals surface area contributed by atoms with Gasteiger partial charge in [0.1, 0.15) is 17.5 Å². The number of aromatic nitrogens is 4. The van der Waals surface area contributed by atoms with Crippen molar-refractivity contribution in [2.45, 2.75) is 64.1 Å². The maximum Gasteiger partial charge on any atom is 0.410 e. The Balaban J connectivity index is 1.25. The lowest BCUT2D eigenvalue weighted by Gasteiger charge is -2.42. The second-order valence-electron chi connectivity index (χ2n) is 12.5. The van der Waals surface area contributed by atoms with Crippen LogP contribution in [0.3, 0.4) is 0 Å². The van der Waals surface area contributed by atoms with E-state index in [9.17, 15) is 9.59 Å². The van der Waals surface area contributed by atoms with E-state index in [2.05, 4.69) is 26.7 Å². The molecule has 6 heterocycles. The zero-order valence-corrected chi connectivity index (χ0v) is 24.3. The number of hydrogen-bond acceptors (Lipinski definition) is 11. The number of ether oxygens (including phenoxy) is 2. The standard InChI is InChI=1S/C28H39N9O4/c1-27(2,3)41-26(39)36-8-6-20(36)23(38)35-10-7-28(4,17-35)37-9-5-19-21(18-15-30-24(29)31-16-18)32-25(33-22(19)37)34-11-13-40-14-12-34/h15-16,20H,5-14,17H2,1-4H3,(H2,29,30,31)/t20?,28-/m0/s1. The molecule has 2 aromatic rings. The van der Waals surface area contributed by atoms with E-state index in [1.165, 1.54) is 0 Å². The molecule has 0 saturated carbocycles. The van der Waals surface area contributed by atoms with Gasteiger partial charge in [0.2, 0.25) is 17.8 Å². The molecule has 13 nitrogen and oxygen atoms in total. The van der Waals surface area contributed by atoms with Gasteiger partial charge in [-0.2, -0.15) is 4.98 Å². The van der Waals surface area contributed by atoms with Crippen LogP contribution in [0.5, 0.6) is 0 Å². The van der Waals surface area contributed by atoms with Crippen molar-refractivity contribution < 1.29 is 19.1 Å². The van der Waals surface area contributed by atoms with Gasteiger partial charge < -0.3 is 29.9 Å². The van der Waals surface area contributed by atoms with E-state index in [1.807, 2.05) is 25.7 Å². The fraction of sp³-hybridized carbons (Fsp3) is 0.643. The average molecular weight is 566 g/mol. The van der Waals surface area contributed by atoms with Crippen LogP contribution in [-0.4, -0.2) is 111 Å². The molecule has 2 N–H and O–H groups in total. The molecule has 4 aliphatic rings. The number of hydrogen-bond donors (Lipinski definition) is 1. The highest BCUT2D eigenvalue weighted by Crippen LogP contribution is 2.42. The van der Waals surface area contributed by atoms with Gasteiger partial charge in [-0.25, -0.2) is 19.7 Å². The van der Waals surface area contributed by atoms with Gasteiger partial charge in [0.15, 0.2) is 0 Å². The zero-order valence-electron chi connectivity index (χ0n) is 24.3. The monoisotopic (exact) mass is 565 g/mol. The van der Waals surface area contributed by atoms with Crippen LogP contribution in [0.4, 0.5) is 22.5 Å². The Kier molecular flexibility index (Phi) is 6.87. The Bertz CT molecular complexity index is 1330. The molecule has 0 bridgehead atoms. The number of nitrogen functional groups attached to an aromatic ring is 1. The number of fused-ring (bicyclic) bond motifs is 1. The van der Waals surface area contributed by atoms with E-state index < -0.39 is 17.7 Å². The predicted molar refractivity (Wildman–Crippen MR) is 152 cm³/mol. The molecular weight excluding hydrogens is 526 g/mol. The van der Waals surface area contributed by atoms with Crippen molar-refractivity contribution in [2.75, 3.05) is 68.0 Å². The van der Waals surface area contributed by atoms with Crippen molar-refractivity contribution >= 4 is 29.7 Å². The number of amides is 2. The molecule has 6 rings (SSSR count). The second kappa shape index (κ2) is 10.3. The lowest BCUT2D eigenvalue weighted by Crippen LogP contribution is -2.60. The van der Waals surface area contributed by atoms with Crippen LogP contribution in [0.1, 0.15) is 46.1 Å². The summed E-state index contributed by atoms with van der Waals surface area (Å²) in [6.07, 6.45) is 5.23. The predicted octanol–water partition coefficient (Wildman–Crippen LogP) is 1.72. The molecule has 13 heteroatoms. The lowest BCUT2D eigenvalue weighted by molar-refractivity contribution is -0.140. The summed E-state index contributed by atoms with van der Waals surface area (Å²) < 4.78 is 11.1. The fourth-order valence-corrected chi connectivity index (χ4v) is 6.12. The molecule has 2 amide bonds. The number of likely N-dealkylation sites (tertiary alicyclic amines) is 2. The summed E-state index contributed by atoms with van der Waals surface area (Å²) in [5.41, 5.74) is 7.52. The Hall–Kier alpha value is -3.74. The van der Waals surface area contributed by atoms with Crippen LogP contribution < -0.4 is 15.5 Å². The summed E-state index contributed by atoms with van der Waals surface area (Å²) in [6.45, 7) is 12.9. The minimum absolute atomic E-state index is 0.0124. The molecule has 3 fully saturated rings. The molecule has 4 aliphatic heterocycles. The normalized spacial score (nSPS) is 24.3. The lowest BCUT2D eigenvalue weighted by atomic mass is 9.99. The first-order valence-electron chi connectivity index (χ1n) is 14.4. The van der Waals surface area contributed by atoms with Gasteiger partial charge >= 0.3 is 6.09 Å². The highest BCUT2D eigenvalue weighted by molar-refractivity contribution is 5.88. The minimum Gasteiger partial charge on any atom is -0.444 e. The Morgan fingerprint density at radius 2 is 1.80 bits per heavy atom. The number of nitrogens with zero attached hydrogens (tertiary/aromatic N) is 8. The number of carbonyl (C=O) groups excluding carboxylic acids is 2. The van der Waals surface area contributed by atoms with Gasteiger partial charge in [-0.1, -0.05) is 0 Å². The molecule has 0 aliphatic carbocycles. The molecule has 3 saturated heterocycles. The molecule has 0 radical (unpaired) electrons. The van der Waals surface area contributed by atoms with Crippen molar-refractivity contribution in [2.24, 2.45) is 0 Å². The zero-order chi connectivity index (χ0) is 28.9. The first-order chi connectivity index (χ1) is 19.5. The van der Waals surface area contributed by atoms with Crippen LogP contribution in [0, 0.1) is 0 Å². The molecule has 2 aromatic heterocycles. The Labute approximate surface area is 240 Å². The second-order valence-corrected chi connectivity index (χ2v) is 12.5. The van der Waals surface area contributed by atoms with Crippen LogP contribution in [0.15, 0.2) is 12.4 Å². The van der Waals surface area contributed by atoms with Crippen molar-refractivity contribution in [3.63, 3.8) is 0 Å². The van der Waals surface area contributed by atoms with Crippen LogP contribution in [0.25, 0.3) is 11.3 Å². The maximum atomic E-state index is 13.6. The average Bonchev–Trinajstić information content (AvgIpc) is 3.52. The molecule has 0 aromatic carbocycles. The summed E-state index contributed by atoms with van der Waals surface area (Å²) in [4.78, 5) is 52.7. The number of rotatable bonds is 4. The SMILES string of the molecule is CC(C)(C)OC(=O)N1CCC1C(=O)N1CC[C@](C)(N2CCc3c(-c4cnc(N)nc4)nc(N4CCOCC4)nc32)C1. The van der Waals surface area contributed by atoms with Gasteiger partial charge in [0.25, 0.3) is 0 Å². The fourth-order valence-electron chi connectivity index (χ4n) is 6.12. The third kappa shape index (κ3) is 5.22. The van der Waals surface area contributed by atoms with E-state index in [-0.39, 0.29) is 17.4 Å². The van der Waals surface area contributed by atoms with E-state index in [4.69, 9.17) is 25.2 Å². The number of nitrogens with two attached hydrogens (primary N) is 1. The number of carbonyl (C=O) groups is 2. The van der Waals surface area contributed by atoms with Crippen molar-refractivity contribution in [1.29, 1.82) is 0 Å². The van der Waals surface area contributed by atoms with Crippen molar-refractivity contribution in [3.05, 3.63) is 18.0 Å². The summed E-state index contributed by atoms with van der Waals surface area (Å²) >= 11 is 0. The van der Waals surface area contributed by atoms with Crippen LogP contribution in [0.2, 0.25) is 0 Å². The summed E-state index contributed by atoms with van der Waals surface area (Å²) in [7, 11) is 0. The largest absolute Gasteiger partial charge is 0.444 e. The Morgan fingerprint density at radius 1 is 1.07 bits per heavy atom. The molecule has 2 atom stereocenters. The molecule has 41 heavy (non-hydrogen) atoms. The maximum absolute atomic E-state index is 13.6. The summed E-state index contributed by atoms with van der Waals surface area (Å²) in [5.74, 6) is 1.75.